The fraction of sp³-hybridized carbons (Fsp3) is 0.750. The molecule has 0 saturated carbocycles. The van der Waals surface area contributed by atoms with E-state index in [0.717, 1.165) is 0 Å². The van der Waals surface area contributed by atoms with E-state index < -0.39 is 30.1 Å². The Hall–Kier alpha value is -1.44. The smallest absolute Gasteiger partial charge is 0.328 e. The van der Waals surface area contributed by atoms with Gasteiger partial charge < -0.3 is 20.1 Å². The van der Waals surface area contributed by atoms with E-state index in [1.165, 1.54) is 23.8 Å². The number of carbonyl (C=O) groups is 3. The molecule has 1 aliphatic rings. The average molecular weight is 304 g/mol. The number of urea groups is 1. The van der Waals surface area contributed by atoms with Crippen molar-refractivity contribution in [2.45, 2.75) is 32.4 Å². The number of rotatable bonds is 5. The number of carboxylic acid groups (broad SMARTS) is 1. The van der Waals surface area contributed by atoms with Gasteiger partial charge in [0.1, 0.15) is 12.1 Å². The third kappa shape index (κ3) is 4.29. The van der Waals surface area contributed by atoms with Crippen LogP contribution in [0.25, 0.3) is 0 Å². The molecule has 2 amide bonds. The van der Waals surface area contributed by atoms with E-state index in [1.807, 2.05) is 13.8 Å². The molecule has 0 aromatic carbocycles. The van der Waals surface area contributed by atoms with Gasteiger partial charge in [-0.1, -0.05) is 13.8 Å². The molecule has 0 aromatic heterocycles. The van der Waals surface area contributed by atoms with Gasteiger partial charge in [0, 0.05) is 5.75 Å². The summed E-state index contributed by atoms with van der Waals surface area (Å²) in [5, 5.41) is 11.6. The van der Waals surface area contributed by atoms with Gasteiger partial charge >= 0.3 is 18.0 Å². The first-order valence-corrected chi connectivity index (χ1v) is 7.47. The topological polar surface area (TPSA) is 95.9 Å². The fourth-order valence-electron chi connectivity index (χ4n) is 1.91. The third-order valence-corrected chi connectivity index (χ3v) is 3.93. The number of methoxy groups -OCH3 is 1. The van der Waals surface area contributed by atoms with Crippen molar-refractivity contribution in [3.8, 4) is 0 Å². The molecule has 8 heteroatoms. The zero-order valence-electron chi connectivity index (χ0n) is 11.8. The molecule has 114 valence electrons. The molecular weight excluding hydrogens is 284 g/mol. The van der Waals surface area contributed by atoms with Crippen LogP contribution in [0.2, 0.25) is 0 Å². The molecule has 0 radical (unpaired) electrons. The predicted molar refractivity (Wildman–Crippen MR) is 74.4 cm³/mol. The van der Waals surface area contributed by atoms with Gasteiger partial charge in [-0.25, -0.2) is 14.4 Å². The maximum Gasteiger partial charge on any atom is 0.328 e. The van der Waals surface area contributed by atoms with Gasteiger partial charge in [0.25, 0.3) is 0 Å². The number of hydrogen-bond donors (Lipinski definition) is 2. The summed E-state index contributed by atoms with van der Waals surface area (Å²) in [7, 11) is 1.26. The molecule has 2 atom stereocenters. The second-order valence-electron chi connectivity index (χ2n) is 4.98. The third-order valence-electron chi connectivity index (χ3n) is 2.92. The zero-order valence-corrected chi connectivity index (χ0v) is 12.6. The summed E-state index contributed by atoms with van der Waals surface area (Å²) in [6.07, 6.45) is 0.442. The Morgan fingerprint density at radius 1 is 1.45 bits per heavy atom. The number of nitrogens with zero attached hydrogens (tertiary/aromatic N) is 1. The second-order valence-corrected chi connectivity index (χ2v) is 5.98. The molecule has 20 heavy (non-hydrogen) atoms. The quantitative estimate of drug-likeness (QED) is 0.727. The summed E-state index contributed by atoms with van der Waals surface area (Å²) < 4.78 is 4.66. The van der Waals surface area contributed by atoms with Gasteiger partial charge in [-0.05, 0) is 12.3 Å². The molecule has 0 spiro atoms. The van der Waals surface area contributed by atoms with Crippen molar-refractivity contribution < 1.29 is 24.2 Å². The summed E-state index contributed by atoms with van der Waals surface area (Å²) in [6.45, 7) is 3.85. The highest BCUT2D eigenvalue weighted by Crippen LogP contribution is 2.21. The molecule has 1 saturated heterocycles. The van der Waals surface area contributed by atoms with Crippen molar-refractivity contribution in [1.82, 2.24) is 10.2 Å². The average Bonchev–Trinajstić information content (AvgIpc) is 2.85. The molecule has 2 N–H and O–H groups in total. The molecule has 7 nitrogen and oxygen atoms in total. The highest BCUT2D eigenvalue weighted by atomic mass is 32.2. The van der Waals surface area contributed by atoms with E-state index in [4.69, 9.17) is 5.11 Å². The zero-order chi connectivity index (χ0) is 15.3. The fourth-order valence-corrected chi connectivity index (χ4v) is 3.05. The first kappa shape index (κ1) is 16.6. The monoisotopic (exact) mass is 304 g/mol. The standard InChI is InChI=1S/C12H20N2O5S/c1-7(2)4-8(11(17)19-3)13-12(18)14-6-20-5-9(14)10(15)16/h7-9H,4-6H2,1-3H3,(H,13,18)(H,15,16)/t8?,9-/m0/s1. The number of nitrogens with one attached hydrogen (secondary N) is 1. The van der Waals surface area contributed by atoms with Gasteiger partial charge in [0.05, 0.1) is 13.0 Å². The van der Waals surface area contributed by atoms with Crippen molar-refractivity contribution >= 4 is 29.7 Å². The van der Waals surface area contributed by atoms with Crippen LogP contribution in [0.15, 0.2) is 0 Å². The van der Waals surface area contributed by atoms with E-state index in [9.17, 15) is 14.4 Å². The Morgan fingerprint density at radius 3 is 2.60 bits per heavy atom. The predicted octanol–water partition coefficient (Wildman–Crippen LogP) is 0.743. The molecular formula is C12H20N2O5S. The lowest BCUT2D eigenvalue weighted by molar-refractivity contribution is -0.143. The van der Waals surface area contributed by atoms with E-state index in [2.05, 4.69) is 10.1 Å². The van der Waals surface area contributed by atoms with E-state index >= 15 is 0 Å². The van der Waals surface area contributed by atoms with Crippen LogP contribution in [-0.2, 0) is 14.3 Å². The van der Waals surface area contributed by atoms with Crippen molar-refractivity contribution in [2.75, 3.05) is 18.7 Å². The molecule has 1 fully saturated rings. The molecule has 0 bridgehead atoms. The van der Waals surface area contributed by atoms with Crippen molar-refractivity contribution in [3.63, 3.8) is 0 Å². The van der Waals surface area contributed by atoms with Gasteiger partial charge in [-0.3, -0.25) is 0 Å². The Kier molecular flexibility index (Phi) is 6.12. The van der Waals surface area contributed by atoms with Crippen molar-refractivity contribution in [3.05, 3.63) is 0 Å². The molecule has 1 heterocycles. The Morgan fingerprint density at radius 2 is 2.10 bits per heavy atom. The van der Waals surface area contributed by atoms with Crippen LogP contribution in [0.3, 0.4) is 0 Å². The van der Waals surface area contributed by atoms with Crippen molar-refractivity contribution in [1.29, 1.82) is 0 Å². The van der Waals surface area contributed by atoms with Gasteiger partial charge in [-0.15, -0.1) is 11.8 Å². The number of carboxylic acids is 1. The van der Waals surface area contributed by atoms with Crippen LogP contribution in [0.5, 0.6) is 0 Å². The maximum atomic E-state index is 12.1. The Labute approximate surface area is 122 Å². The Balaban J connectivity index is 2.70. The van der Waals surface area contributed by atoms with E-state index in [0.29, 0.717) is 18.1 Å². The molecule has 0 aliphatic carbocycles. The lowest BCUT2D eigenvalue weighted by Crippen LogP contribution is -2.52. The SMILES string of the molecule is COC(=O)C(CC(C)C)NC(=O)N1CSC[C@H]1C(=O)O. The second kappa shape index (κ2) is 7.37. The number of hydrogen-bond acceptors (Lipinski definition) is 5. The van der Waals surface area contributed by atoms with Crippen LogP contribution in [0.1, 0.15) is 20.3 Å². The summed E-state index contributed by atoms with van der Waals surface area (Å²) >= 11 is 1.37. The van der Waals surface area contributed by atoms with Crippen LogP contribution < -0.4 is 5.32 Å². The minimum atomic E-state index is -1.04. The Bertz CT molecular complexity index is 388. The highest BCUT2D eigenvalue weighted by Gasteiger charge is 2.36. The normalized spacial score (nSPS) is 19.8. The van der Waals surface area contributed by atoms with Crippen LogP contribution in [0, 0.1) is 5.92 Å². The number of carbonyl (C=O) groups excluding carboxylic acids is 2. The summed E-state index contributed by atoms with van der Waals surface area (Å²) in [4.78, 5) is 36.0. The van der Waals surface area contributed by atoms with Gasteiger partial charge in [0.15, 0.2) is 0 Å². The molecule has 1 aliphatic heterocycles. The number of amides is 2. The van der Waals surface area contributed by atoms with Crippen LogP contribution in [0.4, 0.5) is 4.79 Å². The summed E-state index contributed by atoms with van der Waals surface area (Å²) in [5.74, 6) is -0.703. The number of ether oxygens (including phenoxy) is 1. The first-order valence-electron chi connectivity index (χ1n) is 6.32. The maximum absolute atomic E-state index is 12.1. The minimum absolute atomic E-state index is 0.197. The number of esters is 1. The summed E-state index contributed by atoms with van der Waals surface area (Å²) in [6, 6.07) is -2.15. The number of aliphatic carboxylic acids is 1. The minimum Gasteiger partial charge on any atom is -0.480 e. The van der Waals surface area contributed by atoms with Gasteiger partial charge in [-0.2, -0.15) is 0 Å². The van der Waals surface area contributed by atoms with Gasteiger partial charge in [0.2, 0.25) is 0 Å². The molecule has 0 aromatic rings. The first-order chi connectivity index (χ1) is 9.36. The van der Waals surface area contributed by atoms with Crippen LogP contribution in [-0.4, -0.2) is 58.8 Å². The summed E-state index contributed by atoms with van der Waals surface area (Å²) in [5.41, 5.74) is 0. The van der Waals surface area contributed by atoms with E-state index in [-0.39, 0.29) is 5.92 Å². The lowest BCUT2D eigenvalue weighted by atomic mass is 10.0. The molecule has 1 unspecified atom stereocenters. The lowest BCUT2D eigenvalue weighted by Gasteiger charge is -2.25. The largest absolute Gasteiger partial charge is 0.480 e. The number of thioether (sulfide) groups is 1. The van der Waals surface area contributed by atoms with Crippen molar-refractivity contribution in [2.24, 2.45) is 5.92 Å². The van der Waals surface area contributed by atoms with Crippen LogP contribution >= 0.6 is 11.8 Å². The molecule has 1 rings (SSSR count). The van der Waals surface area contributed by atoms with E-state index in [1.54, 1.807) is 0 Å². The highest BCUT2D eigenvalue weighted by molar-refractivity contribution is 7.99.